The molecule has 0 fully saturated rings. The summed E-state index contributed by atoms with van der Waals surface area (Å²) < 4.78 is 0. The Labute approximate surface area is 321 Å². The van der Waals surface area contributed by atoms with Crippen molar-refractivity contribution in [1.82, 2.24) is 19.9 Å². The van der Waals surface area contributed by atoms with Gasteiger partial charge in [-0.3, -0.25) is 9.97 Å². The Balaban J connectivity index is 1.10. The van der Waals surface area contributed by atoms with Gasteiger partial charge in [-0.15, -0.1) is 0 Å². The standard InChI is InChI=1S/C52H30N4/c1-2-9-33(10-3-1)50-42-25-20-32-17-18-34-13-7-28-54-52(34)47(32)49(42)40-23-21-36(30-45(40)56-50)35-11-6-12-37(29-35)51-41-24-19-31-22-26-43-38(15-8-27-53-43)46(31)48(41)39-14-4-5-16-44(39)55-51/h1-30H. The first-order valence-electron chi connectivity index (χ1n) is 19.0. The fourth-order valence-electron chi connectivity index (χ4n) is 8.93. The molecular weight excluding hydrogens is 681 g/mol. The highest BCUT2D eigenvalue weighted by Gasteiger charge is 2.18. The summed E-state index contributed by atoms with van der Waals surface area (Å²) in [6, 6.07) is 60.4. The molecule has 0 N–H and O–H groups in total. The third-order valence-corrected chi connectivity index (χ3v) is 11.5. The van der Waals surface area contributed by atoms with Crippen LogP contribution in [0.25, 0.3) is 120 Å². The lowest BCUT2D eigenvalue weighted by atomic mass is 9.91. The van der Waals surface area contributed by atoms with Gasteiger partial charge in [0.25, 0.3) is 0 Å². The second kappa shape index (κ2) is 12.0. The van der Waals surface area contributed by atoms with Crippen molar-refractivity contribution in [2.45, 2.75) is 0 Å². The van der Waals surface area contributed by atoms with Crippen LogP contribution < -0.4 is 0 Å². The molecule has 0 saturated carbocycles. The van der Waals surface area contributed by atoms with Gasteiger partial charge < -0.3 is 0 Å². The molecule has 8 aromatic carbocycles. The lowest BCUT2D eigenvalue weighted by molar-refractivity contribution is 1.42. The van der Waals surface area contributed by atoms with E-state index < -0.39 is 0 Å². The summed E-state index contributed by atoms with van der Waals surface area (Å²) in [5.41, 5.74) is 10.2. The van der Waals surface area contributed by atoms with Gasteiger partial charge >= 0.3 is 0 Å². The SMILES string of the molecule is c1ccc(-c2nc3cc(-c4cccc(-c5nc6ccccc6c6c5ccc5ccc7ncccc7c56)c4)ccc3c3c2ccc2ccc4cccnc4c23)cc1. The number of hydrogen-bond donors (Lipinski definition) is 0. The van der Waals surface area contributed by atoms with Gasteiger partial charge in [-0.2, -0.15) is 0 Å². The van der Waals surface area contributed by atoms with Gasteiger partial charge in [-0.05, 0) is 63.7 Å². The molecule has 0 aliphatic carbocycles. The van der Waals surface area contributed by atoms with Crippen LogP contribution in [0.5, 0.6) is 0 Å². The van der Waals surface area contributed by atoms with Crippen molar-refractivity contribution in [3.63, 3.8) is 0 Å². The van der Waals surface area contributed by atoms with E-state index in [1.165, 1.54) is 26.9 Å². The van der Waals surface area contributed by atoms with Gasteiger partial charge in [0, 0.05) is 72.0 Å². The second-order valence-electron chi connectivity index (χ2n) is 14.6. The number of pyridine rings is 4. The molecule has 0 atom stereocenters. The molecule has 0 unspecified atom stereocenters. The van der Waals surface area contributed by atoms with Crippen LogP contribution in [0.4, 0.5) is 0 Å². The Morgan fingerprint density at radius 2 is 0.875 bits per heavy atom. The average molecular weight is 711 g/mol. The Kier molecular flexibility index (Phi) is 6.60. The van der Waals surface area contributed by atoms with E-state index in [1.54, 1.807) is 0 Å². The molecule has 0 aliphatic rings. The Morgan fingerprint density at radius 3 is 1.79 bits per heavy atom. The maximum atomic E-state index is 5.42. The van der Waals surface area contributed by atoms with E-state index in [-0.39, 0.29) is 0 Å². The molecular formula is C52H30N4. The third-order valence-electron chi connectivity index (χ3n) is 11.5. The van der Waals surface area contributed by atoms with E-state index >= 15 is 0 Å². The van der Waals surface area contributed by atoms with Gasteiger partial charge in [-0.25, -0.2) is 9.97 Å². The summed E-state index contributed by atoms with van der Waals surface area (Å²) in [6.45, 7) is 0. The molecule has 12 aromatic rings. The summed E-state index contributed by atoms with van der Waals surface area (Å²) in [6.07, 6.45) is 3.76. The van der Waals surface area contributed by atoms with Gasteiger partial charge in [0.2, 0.25) is 0 Å². The third kappa shape index (κ3) is 4.60. The van der Waals surface area contributed by atoms with Crippen molar-refractivity contribution >= 4 is 86.7 Å². The van der Waals surface area contributed by atoms with E-state index in [9.17, 15) is 0 Å². The van der Waals surface area contributed by atoms with Crippen LogP contribution in [-0.2, 0) is 0 Å². The number of aromatic nitrogens is 4. The molecule has 0 spiro atoms. The molecule has 0 aliphatic heterocycles. The lowest BCUT2D eigenvalue weighted by Gasteiger charge is -2.16. The molecule has 4 aromatic heterocycles. The minimum absolute atomic E-state index is 0.945. The van der Waals surface area contributed by atoms with Gasteiger partial charge in [0.15, 0.2) is 0 Å². The number of para-hydroxylation sites is 1. The summed E-state index contributed by atoms with van der Waals surface area (Å²) in [4.78, 5) is 20.4. The van der Waals surface area contributed by atoms with Crippen LogP contribution in [0.1, 0.15) is 0 Å². The van der Waals surface area contributed by atoms with Crippen LogP contribution in [0.15, 0.2) is 182 Å². The normalized spacial score (nSPS) is 11.9. The van der Waals surface area contributed by atoms with E-state index in [1.807, 2.05) is 24.5 Å². The highest BCUT2D eigenvalue weighted by Crippen LogP contribution is 2.42. The Bertz CT molecular complexity index is 3590. The van der Waals surface area contributed by atoms with Gasteiger partial charge in [0.05, 0.1) is 33.5 Å². The first-order valence-corrected chi connectivity index (χ1v) is 19.0. The zero-order valence-electron chi connectivity index (χ0n) is 30.1. The molecule has 0 saturated heterocycles. The zero-order valence-corrected chi connectivity index (χ0v) is 30.1. The molecule has 56 heavy (non-hydrogen) atoms. The number of rotatable bonds is 3. The second-order valence-corrected chi connectivity index (χ2v) is 14.6. The van der Waals surface area contributed by atoms with Crippen LogP contribution in [-0.4, -0.2) is 19.9 Å². The number of fused-ring (bicyclic) bond motifs is 14. The minimum Gasteiger partial charge on any atom is -0.256 e. The average Bonchev–Trinajstić information content (AvgIpc) is 3.27. The highest BCUT2D eigenvalue weighted by atomic mass is 14.7. The monoisotopic (exact) mass is 710 g/mol. The van der Waals surface area contributed by atoms with E-state index in [4.69, 9.17) is 19.9 Å². The van der Waals surface area contributed by atoms with Crippen molar-refractivity contribution in [2.75, 3.05) is 0 Å². The van der Waals surface area contributed by atoms with E-state index in [0.29, 0.717) is 0 Å². The van der Waals surface area contributed by atoms with Crippen molar-refractivity contribution in [3.05, 3.63) is 182 Å². The molecule has 258 valence electrons. The topological polar surface area (TPSA) is 51.6 Å². The Morgan fingerprint density at radius 1 is 0.286 bits per heavy atom. The molecule has 4 nitrogen and oxygen atoms in total. The molecule has 0 radical (unpaired) electrons. The van der Waals surface area contributed by atoms with Crippen LogP contribution >= 0.6 is 0 Å². The molecule has 0 amide bonds. The predicted octanol–water partition coefficient (Wildman–Crippen LogP) is 13.5. The fourth-order valence-corrected chi connectivity index (χ4v) is 8.93. The highest BCUT2D eigenvalue weighted by molar-refractivity contribution is 6.30. The van der Waals surface area contributed by atoms with Crippen LogP contribution in [0.2, 0.25) is 0 Å². The van der Waals surface area contributed by atoms with Crippen molar-refractivity contribution in [2.24, 2.45) is 0 Å². The quantitative estimate of drug-likeness (QED) is 0.171. The minimum atomic E-state index is 0.945. The lowest BCUT2D eigenvalue weighted by Crippen LogP contribution is -1.93. The summed E-state index contributed by atoms with van der Waals surface area (Å²) in [5.74, 6) is 0. The van der Waals surface area contributed by atoms with Crippen molar-refractivity contribution in [3.8, 4) is 33.6 Å². The zero-order chi connectivity index (χ0) is 36.7. The summed E-state index contributed by atoms with van der Waals surface area (Å²) >= 11 is 0. The van der Waals surface area contributed by atoms with Gasteiger partial charge in [-0.1, -0.05) is 133 Å². The molecule has 4 heterocycles. The fraction of sp³-hybridized carbons (Fsp3) is 0. The maximum absolute atomic E-state index is 5.42. The smallest absolute Gasteiger partial charge is 0.0788 e. The van der Waals surface area contributed by atoms with Crippen LogP contribution in [0.3, 0.4) is 0 Å². The van der Waals surface area contributed by atoms with Crippen molar-refractivity contribution < 1.29 is 0 Å². The summed E-state index contributed by atoms with van der Waals surface area (Å²) in [5, 5.41) is 13.9. The first kappa shape index (κ1) is 30.9. The van der Waals surface area contributed by atoms with Crippen LogP contribution in [0, 0.1) is 0 Å². The predicted molar refractivity (Wildman–Crippen MR) is 234 cm³/mol. The Hall–Kier alpha value is -7.56. The molecule has 4 heteroatoms. The largest absolute Gasteiger partial charge is 0.256 e. The number of hydrogen-bond acceptors (Lipinski definition) is 4. The first-order chi connectivity index (χ1) is 27.8. The number of benzene rings is 8. The molecule has 12 rings (SSSR count). The summed E-state index contributed by atoms with van der Waals surface area (Å²) in [7, 11) is 0. The van der Waals surface area contributed by atoms with E-state index in [2.05, 4.69) is 158 Å². The van der Waals surface area contributed by atoms with Crippen molar-refractivity contribution in [1.29, 1.82) is 0 Å². The maximum Gasteiger partial charge on any atom is 0.0788 e. The number of nitrogens with zero attached hydrogens (tertiary/aromatic N) is 4. The molecule has 0 bridgehead atoms. The van der Waals surface area contributed by atoms with Gasteiger partial charge in [0.1, 0.15) is 0 Å². The van der Waals surface area contributed by atoms with E-state index in [0.717, 1.165) is 93.4 Å².